The van der Waals surface area contributed by atoms with Gasteiger partial charge in [-0.25, -0.2) is 0 Å². The standard InChI is InChI=1S/C7H7N3O2S/c11-2-1-6-9-7(12-10-6)5-3-8-4-13-5/h3-4,11H,1-2H2. The smallest absolute Gasteiger partial charge is 0.269 e. The van der Waals surface area contributed by atoms with Crippen LogP contribution in [0.25, 0.3) is 10.8 Å². The second kappa shape index (κ2) is 3.63. The van der Waals surface area contributed by atoms with Gasteiger partial charge >= 0.3 is 0 Å². The third-order valence-corrected chi connectivity index (χ3v) is 2.21. The third-order valence-electron chi connectivity index (χ3n) is 1.45. The van der Waals surface area contributed by atoms with Crippen LogP contribution in [0.4, 0.5) is 0 Å². The molecular formula is C7H7N3O2S. The van der Waals surface area contributed by atoms with Gasteiger partial charge in [-0.3, -0.25) is 4.98 Å². The Morgan fingerprint density at radius 2 is 2.46 bits per heavy atom. The zero-order valence-electron chi connectivity index (χ0n) is 6.67. The van der Waals surface area contributed by atoms with E-state index in [1.807, 2.05) is 0 Å². The van der Waals surface area contributed by atoms with Crippen molar-refractivity contribution in [2.75, 3.05) is 6.61 Å². The minimum Gasteiger partial charge on any atom is -0.396 e. The number of nitrogens with zero attached hydrogens (tertiary/aromatic N) is 3. The van der Waals surface area contributed by atoms with Crippen LogP contribution in [0.1, 0.15) is 5.82 Å². The minimum atomic E-state index is 0.0294. The molecule has 0 atom stereocenters. The molecule has 0 radical (unpaired) electrons. The van der Waals surface area contributed by atoms with E-state index in [0.717, 1.165) is 4.88 Å². The molecule has 13 heavy (non-hydrogen) atoms. The van der Waals surface area contributed by atoms with Crippen molar-refractivity contribution in [3.8, 4) is 10.8 Å². The normalized spacial score (nSPS) is 10.5. The maximum atomic E-state index is 8.63. The van der Waals surface area contributed by atoms with E-state index >= 15 is 0 Å². The maximum Gasteiger partial charge on any atom is 0.269 e. The molecule has 0 bridgehead atoms. The largest absolute Gasteiger partial charge is 0.396 e. The van der Waals surface area contributed by atoms with Gasteiger partial charge in [0.05, 0.1) is 18.3 Å². The van der Waals surface area contributed by atoms with Gasteiger partial charge < -0.3 is 9.63 Å². The van der Waals surface area contributed by atoms with Gasteiger partial charge in [0.2, 0.25) is 0 Å². The summed E-state index contributed by atoms with van der Waals surface area (Å²) in [5.41, 5.74) is 1.70. The molecule has 1 N–H and O–H groups in total. The van der Waals surface area contributed by atoms with Crippen molar-refractivity contribution in [2.45, 2.75) is 6.42 Å². The molecule has 5 nitrogen and oxygen atoms in total. The van der Waals surface area contributed by atoms with Crippen molar-refractivity contribution in [3.05, 3.63) is 17.5 Å². The van der Waals surface area contributed by atoms with Crippen molar-refractivity contribution >= 4 is 11.3 Å². The van der Waals surface area contributed by atoms with Crippen LogP contribution < -0.4 is 0 Å². The van der Waals surface area contributed by atoms with E-state index < -0.39 is 0 Å². The van der Waals surface area contributed by atoms with Gasteiger partial charge in [0.15, 0.2) is 5.82 Å². The molecule has 68 valence electrons. The van der Waals surface area contributed by atoms with Gasteiger partial charge in [0.1, 0.15) is 4.88 Å². The molecule has 0 unspecified atom stereocenters. The summed E-state index contributed by atoms with van der Waals surface area (Å²) < 4.78 is 4.96. The van der Waals surface area contributed by atoms with E-state index in [2.05, 4.69) is 15.1 Å². The number of hydrogen-bond donors (Lipinski definition) is 1. The predicted molar refractivity (Wildman–Crippen MR) is 46.2 cm³/mol. The van der Waals surface area contributed by atoms with Crippen LogP contribution in [0.5, 0.6) is 0 Å². The molecule has 0 aliphatic rings. The van der Waals surface area contributed by atoms with E-state index in [1.54, 1.807) is 11.7 Å². The van der Waals surface area contributed by atoms with E-state index in [1.165, 1.54) is 11.3 Å². The maximum absolute atomic E-state index is 8.63. The Morgan fingerprint density at radius 3 is 3.15 bits per heavy atom. The molecule has 0 amide bonds. The highest BCUT2D eigenvalue weighted by Crippen LogP contribution is 2.20. The van der Waals surface area contributed by atoms with Gasteiger partial charge in [0, 0.05) is 6.42 Å². The summed E-state index contributed by atoms with van der Waals surface area (Å²) >= 11 is 1.44. The Morgan fingerprint density at radius 1 is 1.54 bits per heavy atom. The first-order chi connectivity index (χ1) is 6.40. The summed E-state index contributed by atoms with van der Waals surface area (Å²) in [4.78, 5) is 8.81. The molecule has 0 saturated carbocycles. The molecule has 0 fully saturated rings. The zero-order chi connectivity index (χ0) is 9.10. The van der Waals surface area contributed by atoms with Gasteiger partial charge in [-0.05, 0) is 0 Å². The molecule has 6 heteroatoms. The van der Waals surface area contributed by atoms with Crippen LogP contribution in [0, 0.1) is 0 Å². The van der Waals surface area contributed by atoms with Crippen LogP contribution in [-0.2, 0) is 6.42 Å². The van der Waals surface area contributed by atoms with Crippen LogP contribution in [0.2, 0.25) is 0 Å². The fourth-order valence-corrected chi connectivity index (χ4v) is 1.42. The van der Waals surface area contributed by atoms with E-state index in [4.69, 9.17) is 9.63 Å². The van der Waals surface area contributed by atoms with Gasteiger partial charge in [0.25, 0.3) is 5.89 Å². The van der Waals surface area contributed by atoms with Crippen molar-refractivity contribution in [2.24, 2.45) is 0 Å². The van der Waals surface area contributed by atoms with Gasteiger partial charge in [-0.1, -0.05) is 5.16 Å². The fraction of sp³-hybridized carbons (Fsp3) is 0.286. The molecule has 2 rings (SSSR count). The molecule has 0 spiro atoms. The summed E-state index contributed by atoms with van der Waals surface area (Å²) in [5.74, 6) is 0.983. The first-order valence-corrected chi connectivity index (χ1v) is 4.60. The van der Waals surface area contributed by atoms with Crippen molar-refractivity contribution in [1.29, 1.82) is 0 Å². The molecule has 2 heterocycles. The molecule has 0 aliphatic carbocycles. The van der Waals surface area contributed by atoms with E-state index in [0.29, 0.717) is 18.1 Å². The Bertz CT molecular complexity index is 371. The van der Waals surface area contributed by atoms with Crippen molar-refractivity contribution in [1.82, 2.24) is 15.1 Å². The van der Waals surface area contributed by atoms with Crippen LogP contribution in [0.3, 0.4) is 0 Å². The van der Waals surface area contributed by atoms with Gasteiger partial charge in [-0.2, -0.15) is 4.98 Å². The molecule has 2 aromatic rings. The van der Waals surface area contributed by atoms with Crippen LogP contribution in [-0.4, -0.2) is 26.8 Å². The second-order valence-corrected chi connectivity index (χ2v) is 3.24. The number of aliphatic hydroxyl groups excluding tert-OH is 1. The Balaban J connectivity index is 2.23. The first kappa shape index (κ1) is 8.33. The third kappa shape index (κ3) is 1.73. The lowest BCUT2D eigenvalue weighted by Crippen LogP contribution is -1.92. The number of aromatic nitrogens is 3. The topological polar surface area (TPSA) is 72.0 Å². The van der Waals surface area contributed by atoms with Crippen LogP contribution in [0.15, 0.2) is 16.2 Å². The van der Waals surface area contributed by atoms with Crippen LogP contribution >= 0.6 is 11.3 Å². The number of hydrogen-bond acceptors (Lipinski definition) is 6. The number of aliphatic hydroxyl groups is 1. The summed E-state index contributed by atoms with van der Waals surface area (Å²) in [6, 6.07) is 0. The number of rotatable bonds is 3. The minimum absolute atomic E-state index is 0.0294. The van der Waals surface area contributed by atoms with Crippen molar-refractivity contribution in [3.63, 3.8) is 0 Å². The quantitative estimate of drug-likeness (QED) is 0.785. The summed E-state index contributed by atoms with van der Waals surface area (Å²) in [6.07, 6.45) is 2.09. The molecular weight excluding hydrogens is 190 g/mol. The summed E-state index contributed by atoms with van der Waals surface area (Å²) in [6.45, 7) is 0.0294. The lowest BCUT2D eigenvalue weighted by atomic mass is 10.4. The molecule has 0 aromatic carbocycles. The average Bonchev–Trinajstić information content (AvgIpc) is 2.70. The Hall–Kier alpha value is -1.27. The average molecular weight is 197 g/mol. The van der Waals surface area contributed by atoms with Gasteiger partial charge in [-0.15, -0.1) is 11.3 Å². The summed E-state index contributed by atoms with van der Waals surface area (Å²) in [5, 5.41) is 12.3. The van der Waals surface area contributed by atoms with E-state index in [-0.39, 0.29) is 6.61 Å². The SMILES string of the molecule is OCCc1noc(-c2cncs2)n1. The zero-order valence-corrected chi connectivity index (χ0v) is 7.49. The molecule has 0 saturated heterocycles. The van der Waals surface area contributed by atoms with Crippen molar-refractivity contribution < 1.29 is 9.63 Å². The Labute approximate surface area is 78.1 Å². The Kier molecular flexibility index (Phi) is 2.33. The summed E-state index contributed by atoms with van der Waals surface area (Å²) in [7, 11) is 0. The second-order valence-electron chi connectivity index (χ2n) is 2.36. The fourth-order valence-electron chi connectivity index (χ4n) is 0.877. The van der Waals surface area contributed by atoms with E-state index in [9.17, 15) is 0 Å². The molecule has 0 aliphatic heterocycles. The highest BCUT2D eigenvalue weighted by atomic mass is 32.1. The number of thiazole rings is 1. The highest BCUT2D eigenvalue weighted by Gasteiger charge is 2.08. The first-order valence-electron chi connectivity index (χ1n) is 3.72. The lowest BCUT2D eigenvalue weighted by Gasteiger charge is -1.83. The lowest BCUT2D eigenvalue weighted by molar-refractivity contribution is 0.293. The monoisotopic (exact) mass is 197 g/mol. The highest BCUT2D eigenvalue weighted by molar-refractivity contribution is 7.13. The predicted octanol–water partition coefficient (Wildman–Crippen LogP) is 0.728. The molecule has 2 aromatic heterocycles.